The molecule has 0 radical (unpaired) electrons. The molecule has 0 N–H and O–H groups in total. The smallest absolute Gasteiger partial charge is 0.231 e. The predicted molar refractivity (Wildman–Crippen MR) is 119 cm³/mol. The summed E-state index contributed by atoms with van der Waals surface area (Å²) in [5.74, 6) is 1.40. The lowest BCUT2D eigenvalue weighted by Crippen LogP contribution is -2.48. The van der Waals surface area contributed by atoms with E-state index in [0.29, 0.717) is 19.3 Å². The number of anilines is 1. The molecule has 3 aliphatic rings. The van der Waals surface area contributed by atoms with E-state index in [1.807, 2.05) is 43.5 Å². The number of benzene rings is 1. The van der Waals surface area contributed by atoms with Crippen LogP contribution in [0, 0.1) is 34.5 Å². The van der Waals surface area contributed by atoms with Crippen LogP contribution < -0.4 is 9.64 Å². The largest absolute Gasteiger partial charge is 0.497 e. The summed E-state index contributed by atoms with van der Waals surface area (Å²) in [5, 5.41) is 9.11. The van der Waals surface area contributed by atoms with Crippen molar-refractivity contribution in [1.82, 2.24) is 0 Å². The first kappa shape index (κ1) is 21.4. The first-order valence-electron chi connectivity index (χ1n) is 11.2. The van der Waals surface area contributed by atoms with E-state index in [2.05, 4.69) is 13.0 Å². The fraction of sp³-hybridized carbons (Fsp3) is 0.500. The number of amides is 1. The number of rotatable bonds is 4. The van der Waals surface area contributed by atoms with Crippen molar-refractivity contribution < 1.29 is 14.3 Å². The van der Waals surface area contributed by atoms with Crippen LogP contribution in [0.2, 0.25) is 0 Å². The molecule has 1 unspecified atom stereocenters. The summed E-state index contributed by atoms with van der Waals surface area (Å²) in [4.78, 5) is 28.1. The third-order valence-corrected chi connectivity index (χ3v) is 7.70. The molecule has 1 aromatic carbocycles. The fourth-order valence-corrected chi connectivity index (χ4v) is 6.03. The van der Waals surface area contributed by atoms with E-state index in [1.165, 1.54) is 5.57 Å². The maximum atomic E-state index is 13.3. The Bertz CT molecular complexity index is 985. The van der Waals surface area contributed by atoms with Crippen molar-refractivity contribution in [3.63, 3.8) is 0 Å². The van der Waals surface area contributed by atoms with Crippen LogP contribution in [0.1, 0.15) is 52.4 Å². The van der Waals surface area contributed by atoms with Gasteiger partial charge in [0.05, 0.1) is 13.2 Å². The quantitative estimate of drug-likeness (QED) is 0.675. The summed E-state index contributed by atoms with van der Waals surface area (Å²) >= 11 is 0. The topological polar surface area (TPSA) is 70.4 Å². The standard InChI is InChI=1S/C26H30N2O3/c1-17-15-23(29)25-22(21(17)5-4-14-27)11-6-18-16-28(24(30)12-13-26(18,25)2)19-7-9-20(31-3)10-8-19/h7-10,15-16,21-22,25H,4-6,11-13H2,1-3H3/t21-,22+,25?,26+/m1/s1. The van der Waals surface area contributed by atoms with Crippen LogP contribution in [0.25, 0.3) is 0 Å². The molecular weight excluding hydrogens is 388 g/mol. The van der Waals surface area contributed by atoms with Gasteiger partial charge in [0.1, 0.15) is 5.75 Å². The monoisotopic (exact) mass is 418 g/mol. The molecule has 5 nitrogen and oxygen atoms in total. The highest BCUT2D eigenvalue weighted by molar-refractivity contribution is 5.97. The van der Waals surface area contributed by atoms with Gasteiger partial charge in [0.25, 0.3) is 0 Å². The SMILES string of the molecule is COc1ccc(N2C=C3CC[C@@H]4C(C(=O)C=C(C)[C@H]4CCC#N)[C@@]3(C)CCC2=O)cc1. The average molecular weight is 419 g/mol. The summed E-state index contributed by atoms with van der Waals surface area (Å²) in [6, 6.07) is 9.80. The lowest BCUT2D eigenvalue weighted by atomic mass is 9.52. The molecule has 0 spiro atoms. The normalized spacial score (nSPS) is 30.4. The Morgan fingerprint density at radius 2 is 1.97 bits per heavy atom. The molecule has 162 valence electrons. The minimum absolute atomic E-state index is 0.0563. The van der Waals surface area contributed by atoms with Crippen LogP contribution in [0.4, 0.5) is 5.69 Å². The van der Waals surface area contributed by atoms with Gasteiger partial charge in [-0.15, -0.1) is 0 Å². The van der Waals surface area contributed by atoms with Gasteiger partial charge >= 0.3 is 0 Å². The van der Waals surface area contributed by atoms with Gasteiger partial charge in [-0.25, -0.2) is 0 Å². The molecule has 1 fully saturated rings. The zero-order valence-electron chi connectivity index (χ0n) is 18.6. The minimum Gasteiger partial charge on any atom is -0.497 e. The summed E-state index contributed by atoms with van der Waals surface area (Å²) in [6.45, 7) is 4.21. The molecule has 4 atom stereocenters. The number of nitrogens with zero attached hydrogens (tertiary/aromatic N) is 2. The van der Waals surface area contributed by atoms with Gasteiger partial charge in [0.15, 0.2) is 5.78 Å². The number of fused-ring (bicyclic) bond motifs is 3. The minimum atomic E-state index is -0.334. The van der Waals surface area contributed by atoms with Crippen molar-refractivity contribution in [2.75, 3.05) is 12.0 Å². The molecule has 5 heteroatoms. The fourth-order valence-electron chi connectivity index (χ4n) is 6.03. The second-order valence-corrected chi connectivity index (χ2v) is 9.31. The molecule has 1 aliphatic heterocycles. The average Bonchev–Trinajstić information content (AvgIpc) is 2.89. The lowest BCUT2D eigenvalue weighted by Gasteiger charge is -2.51. The first-order valence-corrected chi connectivity index (χ1v) is 11.2. The molecule has 0 saturated heterocycles. The van der Waals surface area contributed by atoms with E-state index in [0.717, 1.165) is 36.3 Å². The zero-order chi connectivity index (χ0) is 22.2. The number of methoxy groups -OCH3 is 1. The molecule has 4 rings (SSSR count). The number of nitriles is 1. The van der Waals surface area contributed by atoms with Crippen LogP contribution in [-0.2, 0) is 9.59 Å². The molecule has 0 aromatic heterocycles. The number of allylic oxidation sites excluding steroid dienone is 3. The first-order chi connectivity index (χ1) is 14.9. The highest BCUT2D eigenvalue weighted by Crippen LogP contribution is 2.57. The Labute approximate surface area is 184 Å². The molecule has 2 aliphatic carbocycles. The van der Waals surface area contributed by atoms with Crippen LogP contribution in [0.15, 0.2) is 47.7 Å². The Balaban J connectivity index is 1.71. The van der Waals surface area contributed by atoms with E-state index in [1.54, 1.807) is 12.0 Å². The Morgan fingerprint density at radius 3 is 2.65 bits per heavy atom. The van der Waals surface area contributed by atoms with E-state index in [4.69, 9.17) is 10.00 Å². The van der Waals surface area contributed by atoms with E-state index in [-0.39, 0.29) is 34.9 Å². The maximum Gasteiger partial charge on any atom is 0.231 e. The number of carbonyl (C=O) groups excluding carboxylic acids is 2. The molecular formula is C26H30N2O3. The van der Waals surface area contributed by atoms with Crippen molar-refractivity contribution in [2.45, 2.75) is 52.4 Å². The Kier molecular flexibility index (Phi) is 5.75. The van der Waals surface area contributed by atoms with E-state index < -0.39 is 0 Å². The second kappa shape index (κ2) is 8.34. The van der Waals surface area contributed by atoms with E-state index in [9.17, 15) is 9.59 Å². The van der Waals surface area contributed by atoms with Crippen LogP contribution >= 0.6 is 0 Å². The zero-order valence-corrected chi connectivity index (χ0v) is 18.6. The summed E-state index contributed by atoms with van der Waals surface area (Å²) in [6.07, 6.45) is 8.00. The van der Waals surface area contributed by atoms with Gasteiger partial charge in [-0.1, -0.05) is 12.5 Å². The molecule has 31 heavy (non-hydrogen) atoms. The highest BCUT2D eigenvalue weighted by Gasteiger charge is 2.53. The number of ketones is 1. The number of ether oxygens (including phenoxy) is 1. The Hall–Kier alpha value is -2.87. The van der Waals surface area contributed by atoms with Gasteiger partial charge in [0, 0.05) is 36.1 Å². The molecule has 1 saturated carbocycles. The van der Waals surface area contributed by atoms with Crippen LogP contribution in [-0.4, -0.2) is 18.8 Å². The van der Waals surface area contributed by atoms with Gasteiger partial charge in [-0.05, 0) is 80.4 Å². The lowest BCUT2D eigenvalue weighted by molar-refractivity contribution is -0.128. The number of hydrogen-bond acceptors (Lipinski definition) is 4. The van der Waals surface area contributed by atoms with Gasteiger partial charge in [0.2, 0.25) is 5.91 Å². The predicted octanol–water partition coefficient (Wildman–Crippen LogP) is 5.19. The van der Waals surface area contributed by atoms with Crippen LogP contribution in [0.5, 0.6) is 5.75 Å². The third-order valence-electron chi connectivity index (χ3n) is 7.70. The number of carbonyl (C=O) groups is 2. The van der Waals surface area contributed by atoms with Gasteiger partial charge in [-0.2, -0.15) is 5.26 Å². The molecule has 0 bridgehead atoms. The summed E-state index contributed by atoms with van der Waals surface area (Å²) in [5.41, 5.74) is 2.79. The van der Waals surface area contributed by atoms with Crippen molar-refractivity contribution in [3.8, 4) is 11.8 Å². The van der Waals surface area contributed by atoms with Gasteiger partial charge < -0.3 is 4.74 Å². The van der Waals surface area contributed by atoms with Gasteiger partial charge in [-0.3, -0.25) is 14.5 Å². The summed E-state index contributed by atoms with van der Waals surface area (Å²) < 4.78 is 5.25. The van der Waals surface area contributed by atoms with Crippen molar-refractivity contribution in [2.24, 2.45) is 23.2 Å². The molecule has 1 amide bonds. The van der Waals surface area contributed by atoms with Crippen molar-refractivity contribution >= 4 is 17.4 Å². The van der Waals surface area contributed by atoms with Crippen molar-refractivity contribution in [3.05, 3.63) is 47.7 Å². The molecule has 1 aromatic rings. The molecule has 1 heterocycles. The third kappa shape index (κ3) is 3.69. The van der Waals surface area contributed by atoms with Crippen LogP contribution in [0.3, 0.4) is 0 Å². The van der Waals surface area contributed by atoms with Crippen molar-refractivity contribution in [1.29, 1.82) is 5.26 Å². The highest BCUT2D eigenvalue weighted by atomic mass is 16.5. The maximum absolute atomic E-state index is 13.3. The van der Waals surface area contributed by atoms with E-state index >= 15 is 0 Å². The number of hydrogen-bond donors (Lipinski definition) is 0. The second-order valence-electron chi connectivity index (χ2n) is 9.31. The Morgan fingerprint density at radius 1 is 1.23 bits per heavy atom. The summed E-state index contributed by atoms with van der Waals surface area (Å²) in [7, 11) is 1.62.